The van der Waals surface area contributed by atoms with Crippen LogP contribution in [0.3, 0.4) is 0 Å². The molecule has 4 nitrogen and oxygen atoms in total. The summed E-state index contributed by atoms with van der Waals surface area (Å²) in [6, 6.07) is 0. The lowest BCUT2D eigenvalue weighted by Crippen LogP contribution is -2.10. The number of carbonyl (C=O) groups is 1. The number of alkyl halides is 1. The van der Waals surface area contributed by atoms with E-state index in [0.29, 0.717) is 0 Å². The van der Waals surface area contributed by atoms with E-state index >= 15 is 0 Å². The van der Waals surface area contributed by atoms with Gasteiger partial charge in [0.1, 0.15) is 0 Å². The molecule has 1 atom stereocenters. The van der Waals surface area contributed by atoms with Crippen molar-refractivity contribution in [3.05, 3.63) is 0 Å². The van der Waals surface area contributed by atoms with E-state index in [1.165, 1.54) is 0 Å². The molecule has 0 aromatic carbocycles. The fraction of sp³-hybridized carbons (Fsp3) is 0.750. The second kappa shape index (κ2) is 4.16. The molecule has 0 saturated heterocycles. The van der Waals surface area contributed by atoms with Crippen LogP contribution in [0, 0.1) is 0 Å². The van der Waals surface area contributed by atoms with Gasteiger partial charge in [-0.05, 0) is 18.0 Å². The van der Waals surface area contributed by atoms with Gasteiger partial charge in [-0.15, -0.1) is 0 Å². The lowest BCUT2D eigenvalue weighted by molar-refractivity contribution is -0.116. The largest absolute Gasteiger partial charge is 0.325 e. The highest BCUT2D eigenvalue weighted by Gasteiger charge is 2.20. The van der Waals surface area contributed by atoms with Crippen LogP contribution < -0.4 is 0 Å². The molecule has 0 amide bonds. The second-order valence-electron chi connectivity index (χ2n) is 1.95. The first kappa shape index (κ1) is 11.0. The van der Waals surface area contributed by atoms with E-state index < -0.39 is 31.6 Å². The average molecular weight is 205 g/mol. The molecular formula is C4H7ClFO4P. The molecule has 0 unspecified atom stereocenters. The first-order valence-corrected chi connectivity index (χ1v) is 4.88. The molecule has 0 heterocycles. The number of hydrogen-bond acceptors (Lipinski definition) is 2. The van der Waals surface area contributed by atoms with Crippen molar-refractivity contribution < 1.29 is 23.5 Å². The minimum Gasteiger partial charge on any atom is -0.324 e. The Hall–Kier alpha value is 0.0400. The summed E-state index contributed by atoms with van der Waals surface area (Å²) in [5.41, 5.74) is 0. The monoisotopic (exact) mass is 204 g/mol. The van der Waals surface area contributed by atoms with Gasteiger partial charge in [0.2, 0.25) is 0 Å². The summed E-state index contributed by atoms with van der Waals surface area (Å²) in [5.74, 6) is 0. The Labute approximate surface area is 67.5 Å². The molecule has 2 N–H and O–H groups in total. The van der Waals surface area contributed by atoms with Crippen LogP contribution in [-0.4, -0.2) is 27.4 Å². The van der Waals surface area contributed by atoms with Crippen LogP contribution in [-0.2, 0) is 9.36 Å². The Morgan fingerprint density at radius 3 is 2.36 bits per heavy atom. The topological polar surface area (TPSA) is 74.6 Å². The highest BCUT2D eigenvalue weighted by Crippen LogP contribution is 2.35. The first-order chi connectivity index (χ1) is 4.83. The Balaban J connectivity index is 3.72. The van der Waals surface area contributed by atoms with Crippen LogP contribution in [0.15, 0.2) is 0 Å². The Morgan fingerprint density at radius 1 is 1.64 bits per heavy atom. The van der Waals surface area contributed by atoms with Gasteiger partial charge >= 0.3 is 7.60 Å². The molecule has 0 aliphatic carbocycles. The average Bonchev–Trinajstić information content (AvgIpc) is 1.80. The van der Waals surface area contributed by atoms with Gasteiger partial charge in [-0.1, -0.05) is 0 Å². The standard InChI is InChI=1S/C4H7ClFO4P/c5-4(7)3(6)1-2-11(8,9)10/h3H,1-2H2,(H2,8,9,10)/t3-/m1/s1. The van der Waals surface area contributed by atoms with Crippen molar-refractivity contribution in [3.8, 4) is 0 Å². The Morgan fingerprint density at radius 2 is 2.09 bits per heavy atom. The van der Waals surface area contributed by atoms with E-state index in [1.807, 2.05) is 0 Å². The minimum atomic E-state index is -4.21. The zero-order valence-electron chi connectivity index (χ0n) is 5.41. The zero-order valence-corrected chi connectivity index (χ0v) is 7.06. The van der Waals surface area contributed by atoms with E-state index in [0.717, 1.165) is 0 Å². The van der Waals surface area contributed by atoms with E-state index in [4.69, 9.17) is 21.4 Å². The maximum Gasteiger partial charge on any atom is 0.325 e. The number of carbonyl (C=O) groups excluding carboxylic acids is 1. The fourth-order valence-electron chi connectivity index (χ4n) is 0.395. The van der Waals surface area contributed by atoms with Gasteiger partial charge in [-0.3, -0.25) is 9.36 Å². The van der Waals surface area contributed by atoms with E-state index in [1.54, 1.807) is 0 Å². The van der Waals surface area contributed by atoms with Crippen molar-refractivity contribution in [1.82, 2.24) is 0 Å². The highest BCUT2D eigenvalue weighted by atomic mass is 35.5. The van der Waals surface area contributed by atoms with Gasteiger partial charge < -0.3 is 9.79 Å². The van der Waals surface area contributed by atoms with E-state index in [-0.39, 0.29) is 0 Å². The van der Waals surface area contributed by atoms with Crippen molar-refractivity contribution >= 4 is 24.4 Å². The zero-order chi connectivity index (χ0) is 9.07. The molecule has 0 fully saturated rings. The summed E-state index contributed by atoms with van der Waals surface area (Å²) >= 11 is 4.69. The lowest BCUT2D eigenvalue weighted by atomic mass is 10.3. The number of halogens is 2. The Bertz CT molecular complexity index is 191. The molecule has 0 aliphatic heterocycles. The van der Waals surface area contributed by atoms with Crippen LogP contribution in [0.4, 0.5) is 4.39 Å². The summed E-state index contributed by atoms with van der Waals surface area (Å²) < 4.78 is 22.4. The predicted molar refractivity (Wildman–Crippen MR) is 37.3 cm³/mol. The number of rotatable bonds is 4. The fourth-order valence-corrected chi connectivity index (χ4v) is 1.07. The third kappa shape index (κ3) is 6.44. The number of hydrogen-bond donors (Lipinski definition) is 2. The van der Waals surface area contributed by atoms with Crippen molar-refractivity contribution in [2.24, 2.45) is 0 Å². The summed E-state index contributed by atoms with van der Waals surface area (Å²) in [4.78, 5) is 26.5. The molecule has 0 radical (unpaired) electrons. The van der Waals surface area contributed by atoms with Gasteiger partial charge in [0.25, 0.3) is 5.24 Å². The summed E-state index contributed by atoms with van der Waals surface area (Å²) in [5, 5.41) is -1.22. The molecule has 0 aromatic rings. The van der Waals surface area contributed by atoms with Crippen molar-refractivity contribution in [2.45, 2.75) is 12.6 Å². The van der Waals surface area contributed by atoms with Gasteiger partial charge in [-0.2, -0.15) is 0 Å². The molecule has 0 aliphatic rings. The quantitative estimate of drug-likeness (QED) is 0.521. The van der Waals surface area contributed by atoms with Crippen LogP contribution >= 0.6 is 19.2 Å². The molecule has 0 bridgehead atoms. The summed E-state index contributed by atoms with van der Waals surface area (Å²) in [6.45, 7) is 0. The van der Waals surface area contributed by atoms with Gasteiger partial charge in [-0.25, -0.2) is 4.39 Å². The van der Waals surface area contributed by atoms with Crippen LogP contribution in [0.1, 0.15) is 6.42 Å². The van der Waals surface area contributed by atoms with Crippen molar-refractivity contribution in [2.75, 3.05) is 6.16 Å². The smallest absolute Gasteiger partial charge is 0.324 e. The molecule has 66 valence electrons. The molecule has 0 spiro atoms. The SMILES string of the molecule is O=C(Cl)[C@H](F)CCP(=O)(O)O. The molecule has 11 heavy (non-hydrogen) atoms. The molecule has 7 heteroatoms. The molecule has 0 saturated carbocycles. The first-order valence-electron chi connectivity index (χ1n) is 2.71. The van der Waals surface area contributed by atoms with E-state index in [9.17, 15) is 13.8 Å². The molecular weight excluding hydrogens is 197 g/mol. The van der Waals surface area contributed by atoms with Gasteiger partial charge in [0.15, 0.2) is 6.17 Å². The lowest BCUT2D eigenvalue weighted by Gasteiger charge is -2.03. The van der Waals surface area contributed by atoms with Gasteiger partial charge in [0.05, 0.1) is 6.16 Å². The Kier molecular flexibility index (Phi) is 4.18. The van der Waals surface area contributed by atoms with Crippen molar-refractivity contribution in [1.29, 1.82) is 0 Å². The third-order valence-electron chi connectivity index (χ3n) is 0.920. The maximum atomic E-state index is 12.2. The molecule has 0 rings (SSSR count). The van der Waals surface area contributed by atoms with Crippen LogP contribution in [0.5, 0.6) is 0 Å². The van der Waals surface area contributed by atoms with Gasteiger partial charge in [0, 0.05) is 0 Å². The summed E-state index contributed by atoms with van der Waals surface area (Å²) in [6.07, 6.45) is -3.18. The van der Waals surface area contributed by atoms with Crippen LogP contribution in [0.25, 0.3) is 0 Å². The second-order valence-corrected chi connectivity index (χ2v) is 4.10. The maximum absolute atomic E-state index is 12.2. The highest BCUT2D eigenvalue weighted by molar-refractivity contribution is 7.51. The predicted octanol–water partition coefficient (Wildman–Crippen LogP) is 0.658. The van der Waals surface area contributed by atoms with Crippen LogP contribution in [0.2, 0.25) is 0 Å². The minimum absolute atomic E-state index is 0.535. The van der Waals surface area contributed by atoms with Crippen molar-refractivity contribution in [3.63, 3.8) is 0 Å². The summed E-state index contributed by atoms with van der Waals surface area (Å²) in [7, 11) is -4.21. The molecule has 0 aromatic heterocycles. The van der Waals surface area contributed by atoms with E-state index in [2.05, 4.69) is 0 Å². The normalized spacial score (nSPS) is 14.5. The third-order valence-corrected chi connectivity index (χ3v) is 2.00.